The molecule has 0 amide bonds. The maximum absolute atomic E-state index is 13.5. The molecule has 4 aromatic rings. The van der Waals surface area contributed by atoms with Gasteiger partial charge in [0.05, 0.1) is 22.5 Å². The Morgan fingerprint density at radius 3 is 2.46 bits per heavy atom. The van der Waals surface area contributed by atoms with Crippen LogP contribution >= 0.6 is 0 Å². The van der Waals surface area contributed by atoms with Crippen molar-refractivity contribution < 1.29 is 13.2 Å². The van der Waals surface area contributed by atoms with Gasteiger partial charge in [-0.2, -0.15) is 0 Å². The summed E-state index contributed by atoms with van der Waals surface area (Å²) in [5.41, 5.74) is 9.16. The number of hydrogen-bond acceptors (Lipinski definition) is 6. The molecule has 0 saturated heterocycles. The van der Waals surface area contributed by atoms with Crippen LogP contribution in [0.25, 0.3) is 22.2 Å². The summed E-state index contributed by atoms with van der Waals surface area (Å²) in [6.07, 6.45) is 0. The normalized spacial score (nSPS) is 12.1. The lowest BCUT2D eigenvalue weighted by Gasteiger charge is -2.08. The summed E-state index contributed by atoms with van der Waals surface area (Å²) >= 11 is 0. The lowest BCUT2D eigenvalue weighted by molar-refractivity contribution is 0.188. The molecule has 0 atom stereocenters. The number of nitrogen functional groups attached to an aromatic ring is 1. The predicted octanol–water partition coefficient (Wildman–Crippen LogP) is 2.95. The zero-order valence-electron chi connectivity index (χ0n) is 15.6. The second kappa shape index (κ2) is 6.88. The van der Waals surface area contributed by atoms with Crippen LogP contribution in [0.3, 0.4) is 0 Å². The van der Waals surface area contributed by atoms with Crippen molar-refractivity contribution in [3.63, 3.8) is 0 Å². The third-order valence-electron chi connectivity index (χ3n) is 4.63. The van der Waals surface area contributed by atoms with E-state index in [2.05, 4.69) is 9.97 Å². The van der Waals surface area contributed by atoms with E-state index in [9.17, 15) is 8.42 Å². The van der Waals surface area contributed by atoms with E-state index in [-0.39, 0.29) is 21.1 Å². The molecular formula is C20H20N4O3S. The second-order valence-electron chi connectivity index (χ2n) is 6.56. The Hall–Kier alpha value is -2.97. The standard InChI is InChI=1S/C20H20N4O3S/c1-13-6-5-7-14(12-13)28(25,26)18-17-20(24(19(18)21)10-11-27-2)23-16-9-4-3-8-15(16)22-17/h3-9,12H,10-11,21H2,1-2H3. The predicted molar refractivity (Wildman–Crippen MR) is 108 cm³/mol. The molecule has 2 aromatic heterocycles. The molecule has 0 spiro atoms. The number of benzene rings is 2. The maximum Gasteiger partial charge on any atom is 0.212 e. The summed E-state index contributed by atoms with van der Waals surface area (Å²) in [7, 11) is -2.30. The van der Waals surface area contributed by atoms with Crippen LogP contribution < -0.4 is 5.73 Å². The second-order valence-corrected chi connectivity index (χ2v) is 8.45. The number of hydrogen-bond donors (Lipinski definition) is 1. The number of sulfone groups is 1. The van der Waals surface area contributed by atoms with Crippen LogP contribution in [0.5, 0.6) is 0 Å². The Labute approximate surface area is 162 Å². The van der Waals surface area contributed by atoms with Gasteiger partial charge in [0.2, 0.25) is 9.84 Å². The molecule has 0 fully saturated rings. The van der Waals surface area contributed by atoms with Crippen molar-refractivity contribution in [3.8, 4) is 0 Å². The van der Waals surface area contributed by atoms with Crippen molar-refractivity contribution >= 4 is 37.9 Å². The molecule has 0 bridgehead atoms. The third-order valence-corrected chi connectivity index (χ3v) is 6.45. The van der Waals surface area contributed by atoms with Gasteiger partial charge in [0.1, 0.15) is 16.2 Å². The van der Waals surface area contributed by atoms with E-state index in [1.807, 2.05) is 31.2 Å². The molecule has 0 aliphatic rings. The fraction of sp³-hybridized carbons (Fsp3) is 0.200. The van der Waals surface area contributed by atoms with Gasteiger partial charge in [0, 0.05) is 13.7 Å². The fourth-order valence-corrected chi connectivity index (χ4v) is 4.87. The zero-order valence-corrected chi connectivity index (χ0v) is 16.4. The number of aryl methyl sites for hydroxylation is 1. The summed E-state index contributed by atoms with van der Waals surface area (Å²) < 4.78 is 33.7. The summed E-state index contributed by atoms with van der Waals surface area (Å²) in [5, 5.41) is 0. The number of anilines is 1. The zero-order chi connectivity index (χ0) is 19.9. The van der Waals surface area contributed by atoms with E-state index < -0.39 is 9.84 Å². The molecule has 2 aromatic carbocycles. The molecule has 7 nitrogen and oxygen atoms in total. The van der Waals surface area contributed by atoms with Crippen molar-refractivity contribution in [1.82, 2.24) is 14.5 Å². The monoisotopic (exact) mass is 396 g/mol. The maximum atomic E-state index is 13.5. The highest BCUT2D eigenvalue weighted by Crippen LogP contribution is 2.35. The number of aromatic nitrogens is 3. The Morgan fingerprint density at radius 1 is 1.07 bits per heavy atom. The summed E-state index contributed by atoms with van der Waals surface area (Å²) in [5.74, 6) is 0.115. The van der Waals surface area contributed by atoms with Crippen molar-refractivity contribution in [2.75, 3.05) is 19.5 Å². The average Bonchev–Trinajstić information content (AvgIpc) is 2.95. The van der Waals surface area contributed by atoms with Gasteiger partial charge in [-0.05, 0) is 36.8 Å². The molecule has 2 heterocycles. The molecule has 28 heavy (non-hydrogen) atoms. The highest BCUT2D eigenvalue weighted by molar-refractivity contribution is 7.92. The first kappa shape index (κ1) is 18.4. The van der Waals surface area contributed by atoms with E-state index >= 15 is 0 Å². The molecular weight excluding hydrogens is 376 g/mol. The van der Waals surface area contributed by atoms with E-state index in [4.69, 9.17) is 10.5 Å². The summed E-state index contributed by atoms with van der Waals surface area (Å²) in [4.78, 5) is 9.40. The number of para-hydroxylation sites is 2. The van der Waals surface area contributed by atoms with Crippen molar-refractivity contribution in [3.05, 3.63) is 54.1 Å². The minimum atomic E-state index is -3.88. The van der Waals surface area contributed by atoms with Crippen LogP contribution in [0, 0.1) is 6.92 Å². The third kappa shape index (κ3) is 2.90. The van der Waals surface area contributed by atoms with Crippen LogP contribution in [0.2, 0.25) is 0 Å². The van der Waals surface area contributed by atoms with Gasteiger partial charge in [-0.3, -0.25) is 0 Å². The number of ether oxygens (including phenoxy) is 1. The lowest BCUT2D eigenvalue weighted by atomic mass is 10.2. The smallest absolute Gasteiger partial charge is 0.212 e. The molecule has 4 rings (SSSR count). The van der Waals surface area contributed by atoms with Gasteiger partial charge >= 0.3 is 0 Å². The van der Waals surface area contributed by atoms with Crippen LogP contribution in [0.15, 0.2) is 58.3 Å². The van der Waals surface area contributed by atoms with E-state index in [0.717, 1.165) is 5.56 Å². The van der Waals surface area contributed by atoms with E-state index in [1.165, 1.54) is 0 Å². The topological polar surface area (TPSA) is 100 Å². The van der Waals surface area contributed by atoms with E-state index in [0.29, 0.717) is 29.8 Å². The number of nitrogens with zero attached hydrogens (tertiary/aromatic N) is 3. The number of rotatable bonds is 5. The van der Waals surface area contributed by atoms with Crippen molar-refractivity contribution in [1.29, 1.82) is 0 Å². The van der Waals surface area contributed by atoms with E-state index in [1.54, 1.807) is 35.9 Å². The van der Waals surface area contributed by atoms with Gasteiger partial charge in [0.25, 0.3) is 0 Å². The first-order valence-electron chi connectivity index (χ1n) is 8.78. The SMILES string of the molecule is COCCn1c(N)c(S(=O)(=O)c2cccc(C)c2)c2nc3ccccc3nc21. The first-order valence-corrected chi connectivity index (χ1v) is 10.3. The average molecular weight is 396 g/mol. The molecule has 0 aliphatic carbocycles. The lowest BCUT2D eigenvalue weighted by Crippen LogP contribution is -2.10. The highest BCUT2D eigenvalue weighted by atomic mass is 32.2. The van der Waals surface area contributed by atoms with Crippen molar-refractivity contribution in [2.24, 2.45) is 0 Å². The molecule has 0 saturated carbocycles. The Morgan fingerprint density at radius 2 is 1.79 bits per heavy atom. The Balaban J connectivity index is 2.07. The number of fused-ring (bicyclic) bond motifs is 2. The number of nitrogens with two attached hydrogens (primary N) is 1. The largest absolute Gasteiger partial charge is 0.384 e. The summed E-state index contributed by atoms with van der Waals surface area (Å²) in [6.45, 7) is 2.58. The number of methoxy groups -OCH3 is 1. The Bertz CT molecular complexity index is 1300. The van der Waals surface area contributed by atoms with Crippen molar-refractivity contribution in [2.45, 2.75) is 23.3 Å². The molecule has 2 N–H and O–H groups in total. The van der Waals surface area contributed by atoms with Crippen LogP contribution in [0.4, 0.5) is 5.82 Å². The minimum absolute atomic E-state index is 0.0116. The molecule has 144 valence electrons. The quantitative estimate of drug-likeness (QED) is 0.557. The van der Waals surface area contributed by atoms with Gasteiger partial charge in [-0.1, -0.05) is 24.3 Å². The van der Waals surface area contributed by atoms with Crippen LogP contribution in [-0.2, 0) is 21.1 Å². The highest BCUT2D eigenvalue weighted by Gasteiger charge is 2.30. The van der Waals surface area contributed by atoms with Gasteiger partial charge in [-0.25, -0.2) is 18.4 Å². The first-order chi connectivity index (χ1) is 13.4. The Kier molecular flexibility index (Phi) is 4.52. The fourth-order valence-electron chi connectivity index (χ4n) is 3.26. The van der Waals surface area contributed by atoms with Crippen LogP contribution in [-0.4, -0.2) is 36.7 Å². The van der Waals surface area contributed by atoms with Crippen LogP contribution in [0.1, 0.15) is 5.56 Å². The summed E-state index contributed by atoms with van der Waals surface area (Å²) in [6, 6.07) is 14.1. The van der Waals surface area contributed by atoms with Gasteiger partial charge in [-0.15, -0.1) is 0 Å². The molecule has 0 radical (unpaired) electrons. The molecule has 8 heteroatoms. The molecule has 0 aliphatic heterocycles. The minimum Gasteiger partial charge on any atom is -0.384 e. The van der Waals surface area contributed by atoms with Gasteiger partial charge in [0.15, 0.2) is 5.65 Å². The van der Waals surface area contributed by atoms with Gasteiger partial charge < -0.3 is 15.0 Å². The molecule has 0 unspecified atom stereocenters.